The van der Waals surface area contributed by atoms with Crippen LogP contribution < -0.4 is 4.74 Å². The van der Waals surface area contributed by atoms with E-state index in [1.807, 2.05) is 0 Å². The molecule has 4 heteroatoms. The molecule has 5 rings (SSSR count). The molecule has 5 atom stereocenters. The van der Waals surface area contributed by atoms with E-state index in [9.17, 15) is 5.11 Å². The normalized spacial score (nSPS) is 41.2. The third kappa shape index (κ3) is 1.28. The highest BCUT2D eigenvalue weighted by Crippen LogP contribution is 2.62. The van der Waals surface area contributed by atoms with Crippen LogP contribution >= 0.6 is 0 Å². The van der Waals surface area contributed by atoms with Crippen molar-refractivity contribution in [2.75, 3.05) is 20.7 Å². The van der Waals surface area contributed by atoms with Crippen molar-refractivity contribution in [2.24, 2.45) is 5.92 Å². The van der Waals surface area contributed by atoms with E-state index >= 15 is 0 Å². The summed E-state index contributed by atoms with van der Waals surface area (Å²) in [5.41, 5.74) is 2.57. The van der Waals surface area contributed by atoms with Crippen molar-refractivity contribution >= 4 is 0 Å². The van der Waals surface area contributed by atoms with E-state index in [0.29, 0.717) is 17.7 Å². The molecule has 0 radical (unpaired) electrons. The lowest BCUT2D eigenvalue weighted by Crippen LogP contribution is -2.65. The summed E-state index contributed by atoms with van der Waals surface area (Å²) in [6.07, 6.45) is 6.53. The Hall–Kier alpha value is -1.52. The predicted molar refractivity (Wildman–Crippen MR) is 82.4 cm³/mol. The van der Waals surface area contributed by atoms with Crippen molar-refractivity contribution in [1.82, 2.24) is 4.90 Å². The van der Waals surface area contributed by atoms with E-state index in [-0.39, 0.29) is 23.4 Å². The molecule has 1 saturated heterocycles. The minimum Gasteiger partial charge on any atom is -0.504 e. The van der Waals surface area contributed by atoms with Crippen LogP contribution in [0.2, 0.25) is 0 Å². The van der Waals surface area contributed by atoms with E-state index < -0.39 is 0 Å². The van der Waals surface area contributed by atoms with Crippen LogP contribution in [0.15, 0.2) is 24.3 Å². The van der Waals surface area contributed by atoms with Gasteiger partial charge in [-0.15, -0.1) is 0 Å². The van der Waals surface area contributed by atoms with Crippen LogP contribution in [0, 0.1) is 5.92 Å². The van der Waals surface area contributed by atoms with Crippen molar-refractivity contribution in [3.63, 3.8) is 0 Å². The number of benzene rings is 1. The van der Waals surface area contributed by atoms with E-state index in [1.54, 1.807) is 13.2 Å². The summed E-state index contributed by atoms with van der Waals surface area (Å²) < 4.78 is 12.0. The number of likely N-dealkylation sites (N-methyl/N-ethyl adjacent to an activating group) is 1. The van der Waals surface area contributed by atoms with Crippen LogP contribution in [-0.4, -0.2) is 49.0 Å². The Morgan fingerprint density at radius 2 is 2.23 bits per heavy atom. The predicted octanol–water partition coefficient (Wildman–Crippen LogP) is 1.85. The molecule has 2 bridgehead atoms. The Balaban J connectivity index is 1.81. The molecule has 22 heavy (non-hydrogen) atoms. The summed E-state index contributed by atoms with van der Waals surface area (Å²) >= 11 is 0. The maximum atomic E-state index is 10.3. The third-order valence-corrected chi connectivity index (χ3v) is 6.40. The number of phenolic OH excluding ortho intramolecular Hbond substituents is 1. The number of ether oxygens (including phenoxy) is 2. The van der Waals surface area contributed by atoms with Gasteiger partial charge in [0.2, 0.25) is 0 Å². The Kier molecular flexibility index (Phi) is 2.39. The van der Waals surface area contributed by atoms with Crippen LogP contribution in [0.4, 0.5) is 0 Å². The van der Waals surface area contributed by atoms with E-state index in [4.69, 9.17) is 9.47 Å². The molecule has 0 amide bonds. The van der Waals surface area contributed by atoms with Gasteiger partial charge >= 0.3 is 0 Å². The second-order valence-corrected chi connectivity index (χ2v) is 7.14. The van der Waals surface area contributed by atoms with E-state index in [1.165, 1.54) is 11.1 Å². The number of aromatic hydroxyl groups is 1. The van der Waals surface area contributed by atoms with E-state index in [0.717, 1.165) is 19.4 Å². The molecule has 4 aliphatic rings. The topological polar surface area (TPSA) is 41.9 Å². The summed E-state index contributed by atoms with van der Waals surface area (Å²) in [6.45, 7) is 1.07. The molecular weight excluding hydrogens is 278 g/mol. The summed E-state index contributed by atoms with van der Waals surface area (Å²) in [4.78, 5) is 2.48. The zero-order valence-corrected chi connectivity index (χ0v) is 13.0. The summed E-state index contributed by atoms with van der Waals surface area (Å²) in [5.74, 6) is 1.42. The second-order valence-electron chi connectivity index (χ2n) is 7.14. The molecule has 2 aliphatic heterocycles. The molecule has 2 unspecified atom stereocenters. The first kappa shape index (κ1) is 13.0. The van der Waals surface area contributed by atoms with Gasteiger partial charge in [0.05, 0.1) is 0 Å². The number of piperidine rings is 1. The Morgan fingerprint density at radius 3 is 3.05 bits per heavy atom. The largest absolute Gasteiger partial charge is 0.504 e. The van der Waals surface area contributed by atoms with Gasteiger partial charge in [-0.2, -0.15) is 0 Å². The van der Waals surface area contributed by atoms with Gasteiger partial charge in [-0.05, 0) is 38.1 Å². The minimum absolute atomic E-state index is 0.0222. The number of hydrogen-bond acceptors (Lipinski definition) is 4. The van der Waals surface area contributed by atoms with Gasteiger partial charge in [-0.3, -0.25) is 0 Å². The average molecular weight is 299 g/mol. The third-order valence-electron chi connectivity index (χ3n) is 6.40. The van der Waals surface area contributed by atoms with Crippen molar-refractivity contribution in [2.45, 2.75) is 36.5 Å². The summed E-state index contributed by atoms with van der Waals surface area (Å²) in [6, 6.07) is 4.38. The molecule has 1 aromatic rings. The number of rotatable bonds is 1. The van der Waals surface area contributed by atoms with Crippen molar-refractivity contribution < 1.29 is 14.6 Å². The van der Waals surface area contributed by atoms with Crippen LogP contribution in [-0.2, 0) is 16.6 Å². The molecule has 0 aromatic heterocycles. The maximum Gasteiger partial charge on any atom is 0.165 e. The fourth-order valence-electron chi connectivity index (χ4n) is 5.42. The zero-order valence-electron chi connectivity index (χ0n) is 13.0. The van der Waals surface area contributed by atoms with Crippen molar-refractivity contribution in [3.8, 4) is 11.5 Å². The lowest BCUT2D eigenvalue weighted by molar-refractivity contribution is -0.0581. The van der Waals surface area contributed by atoms with Gasteiger partial charge in [0.1, 0.15) is 12.2 Å². The average Bonchev–Trinajstić information content (AvgIpc) is 2.88. The van der Waals surface area contributed by atoms with Crippen LogP contribution in [0.1, 0.15) is 17.5 Å². The lowest BCUT2D eigenvalue weighted by Gasteiger charge is -2.56. The quantitative estimate of drug-likeness (QED) is 0.804. The van der Waals surface area contributed by atoms with Gasteiger partial charge in [-0.1, -0.05) is 18.2 Å². The number of phenols is 1. The highest BCUT2D eigenvalue weighted by atomic mass is 16.5. The van der Waals surface area contributed by atoms with Gasteiger partial charge in [0, 0.05) is 30.0 Å². The monoisotopic (exact) mass is 299 g/mol. The second kappa shape index (κ2) is 4.06. The lowest BCUT2D eigenvalue weighted by atomic mass is 9.53. The molecule has 1 fully saturated rings. The highest BCUT2D eigenvalue weighted by Gasteiger charge is 2.64. The fraction of sp³-hybridized carbons (Fsp3) is 0.556. The first-order chi connectivity index (χ1) is 10.7. The number of likely N-dealkylation sites (tertiary alicyclic amines) is 1. The summed E-state index contributed by atoms with van der Waals surface area (Å²) in [5, 5.41) is 10.3. The zero-order chi connectivity index (χ0) is 15.1. The molecule has 0 saturated carbocycles. The Morgan fingerprint density at radius 1 is 1.36 bits per heavy atom. The first-order valence-corrected chi connectivity index (χ1v) is 8.10. The minimum atomic E-state index is -0.0435. The van der Waals surface area contributed by atoms with Crippen molar-refractivity contribution in [1.29, 1.82) is 0 Å². The standard InChI is InChI=1S/C18H21NO3/c1-19-8-7-18-11-4-6-14(21-2)17(18)22-16-13(20)5-3-10(15(16)18)9-12(11)19/h3-6,11-12,14,17,20H,7-9H2,1-2H3/t11-,12+,14?,17?,18-/m0/s1. The van der Waals surface area contributed by atoms with Crippen LogP contribution in [0.3, 0.4) is 0 Å². The van der Waals surface area contributed by atoms with Crippen LogP contribution in [0.5, 0.6) is 11.5 Å². The SMILES string of the molecule is COC1C=C[C@H]2[C@H]3Cc4ccc(O)c5c4[C@@]2(CCN3C)C1O5. The molecule has 1 N–H and O–H groups in total. The molecule has 1 spiro atoms. The molecular formula is C18H21NO3. The molecule has 1 aromatic carbocycles. The summed E-state index contributed by atoms with van der Waals surface area (Å²) in [7, 11) is 3.97. The van der Waals surface area contributed by atoms with Crippen molar-refractivity contribution in [3.05, 3.63) is 35.4 Å². The molecule has 2 heterocycles. The molecule has 2 aliphatic carbocycles. The fourth-order valence-corrected chi connectivity index (χ4v) is 5.42. The molecule has 4 nitrogen and oxygen atoms in total. The van der Waals surface area contributed by atoms with Gasteiger partial charge in [0.15, 0.2) is 11.5 Å². The Bertz CT molecular complexity index is 685. The van der Waals surface area contributed by atoms with Gasteiger partial charge < -0.3 is 19.5 Å². The molecule has 116 valence electrons. The highest BCUT2D eigenvalue weighted by molar-refractivity contribution is 5.61. The Labute approximate surface area is 130 Å². The van der Waals surface area contributed by atoms with E-state index in [2.05, 4.69) is 30.2 Å². The number of hydrogen-bond donors (Lipinski definition) is 1. The van der Waals surface area contributed by atoms with Gasteiger partial charge in [-0.25, -0.2) is 0 Å². The van der Waals surface area contributed by atoms with Gasteiger partial charge in [0.25, 0.3) is 0 Å². The number of methoxy groups -OCH3 is 1. The number of nitrogens with zero attached hydrogens (tertiary/aromatic N) is 1. The maximum absolute atomic E-state index is 10.3. The smallest absolute Gasteiger partial charge is 0.165 e. The first-order valence-electron chi connectivity index (χ1n) is 8.10. The van der Waals surface area contributed by atoms with Crippen LogP contribution in [0.25, 0.3) is 0 Å².